The molecule has 0 aromatic rings. The maximum Gasteiger partial charge on any atom is 0.246 e. The van der Waals surface area contributed by atoms with Gasteiger partial charge in [-0.2, -0.15) is 0 Å². The third-order valence-corrected chi connectivity index (χ3v) is 2.68. The molecule has 0 amide bonds. The van der Waals surface area contributed by atoms with E-state index < -0.39 is 5.69 Å². The zero-order valence-electron chi connectivity index (χ0n) is 3.44. The third kappa shape index (κ3) is 6.66. The van der Waals surface area contributed by atoms with Crippen molar-refractivity contribution in [3.63, 3.8) is 0 Å². The van der Waals surface area contributed by atoms with E-state index >= 15 is 0 Å². The summed E-state index contributed by atoms with van der Waals surface area (Å²) in [6.45, 7) is 3.25. The van der Waals surface area contributed by atoms with Crippen molar-refractivity contribution < 1.29 is 9.79 Å². The van der Waals surface area contributed by atoms with Gasteiger partial charge in [0.25, 0.3) is 0 Å². The molecule has 0 fully saturated rings. The molecule has 42 valence electrons. The van der Waals surface area contributed by atoms with Crippen LogP contribution in [0.15, 0.2) is 12.0 Å². The summed E-state index contributed by atoms with van der Waals surface area (Å²) in [6.07, 6.45) is 0. The van der Waals surface area contributed by atoms with Crippen LogP contribution in [0.4, 0.5) is 0 Å². The molecule has 0 saturated heterocycles. The van der Waals surface area contributed by atoms with Crippen molar-refractivity contribution in [3.8, 4) is 0 Å². The van der Waals surface area contributed by atoms with Crippen LogP contribution in [0.5, 0.6) is 0 Å². The predicted molar refractivity (Wildman–Crippen MR) is 36.5 cm³/mol. The maximum atomic E-state index is 8.39. The second-order valence-corrected chi connectivity index (χ2v) is 6.67. The lowest BCUT2D eigenvalue weighted by molar-refractivity contribution is 0.502. The Hall–Kier alpha value is 0.660. The summed E-state index contributed by atoms with van der Waals surface area (Å²) >= 11 is 4.99. The lowest BCUT2D eigenvalue weighted by atomic mass is 11.3. The Kier molecular flexibility index (Phi) is 3.11. The lowest BCUT2D eigenvalue weighted by Gasteiger charge is -1.98. The van der Waals surface area contributed by atoms with Crippen LogP contribution in [0.2, 0.25) is 0 Å². The fourth-order valence-corrected chi connectivity index (χ4v) is 1.42. The van der Waals surface area contributed by atoms with Gasteiger partial charge in [-0.1, -0.05) is 6.58 Å². The molecule has 0 aliphatic heterocycles. The Labute approximate surface area is 51.2 Å². The van der Waals surface area contributed by atoms with Crippen molar-refractivity contribution >= 4 is 28.9 Å². The van der Waals surface area contributed by atoms with Gasteiger partial charge in [-0.25, -0.2) is 0 Å². The molecule has 7 heavy (non-hydrogen) atoms. The third-order valence-electron chi connectivity index (χ3n) is 0.212. The molecule has 0 rings (SSSR count). The van der Waals surface area contributed by atoms with Gasteiger partial charge in [0.1, 0.15) is 0 Å². The first-order chi connectivity index (χ1) is 3.06. The van der Waals surface area contributed by atoms with Gasteiger partial charge in [0.2, 0.25) is 5.69 Å². The molecule has 0 aromatic carbocycles. The normalized spacial score (nSPS) is 11.1. The van der Waals surface area contributed by atoms with Crippen LogP contribution in [0, 0.1) is 0 Å². The first-order valence-corrected chi connectivity index (χ1v) is 5.60. The van der Waals surface area contributed by atoms with Gasteiger partial charge in [0.15, 0.2) is 0 Å². The predicted octanol–water partition coefficient (Wildman–Crippen LogP) is 1.07. The minimum atomic E-state index is -3.03. The van der Waals surface area contributed by atoms with E-state index in [0.717, 1.165) is 11.4 Å². The van der Waals surface area contributed by atoms with Gasteiger partial charge in [0, 0.05) is 0 Å². The molecule has 0 bridgehead atoms. The van der Waals surface area contributed by atoms with Crippen LogP contribution in [-0.2, 0) is 11.8 Å². The van der Waals surface area contributed by atoms with Crippen molar-refractivity contribution in [2.24, 2.45) is 0 Å². The molecule has 0 atom stereocenters. The van der Waals surface area contributed by atoms with Crippen molar-refractivity contribution in [2.45, 2.75) is 0 Å². The molecule has 2 nitrogen and oxygen atoms in total. The van der Waals surface area contributed by atoms with E-state index in [0.29, 0.717) is 0 Å². The van der Waals surface area contributed by atoms with Crippen LogP contribution in [0.3, 0.4) is 0 Å². The average Bonchev–Trinajstić information content (AvgIpc) is 1.30. The molecule has 0 radical (unpaired) electrons. The molecule has 0 unspecified atom stereocenters. The summed E-state index contributed by atoms with van der Waals surface area (Å²) in [5.41, 5.74) is -3.03. The molecule has 0 heterocycles. The largest absolute Gasteiger partial charge is 0.337 e. The molecule has 5 heteroatoms. The average molecular weight is 156 g/mol. The Bertz CT molecular complexity index is 106. The van der Waals surface area contributed by atoms with Gasteiger partial charge in [-0.15, -0.1) is 0 Å². The van der Waals surface area contributed by atoms with Gasteiger partial charge < -0.3 is 9.79 Å². The van der Waals surface area contributed by atoms with E-state index in [9.17, 15) is 0 Å². The van der Waals surface area contributed by atoms with E-state index in [1.165, 1.54) is 5.41 Å². The van der Waals surface area contributed by atoms with Crippen molar-refractivity contribution in [1.29, 1.82) is 0 Å². The highest BCUT2D eigenvalue weighted by atomic mass is 32.9. The summed E-state index contributed by atoms with van der Waals surface area (Å²) in [5, 5.41) is 1.32. The van der Waals surface area contributed by atoms with E-state index in [-0.39, 0.29) is 0 Å². The van der Waals surface area contributed by atoms with Crippen molar-refractivity contribution in [1.82, 2.24) is 0 Å². The van der Waals surface area contributed by atoms with Crippen LogP contribution in [-0.4, -0.2) is 9.79 Å². The summed E-state index contributed by atoms with van der Waals surface area (Å²) in [6, 6.07) is 0. The van der Waals surface area contributed by atoms with Crippen LogP contribution in [0.25, 0.3) is 0 Å². The number of hydrogen-bond donors (Lipinski definition) is 2. The van der Waals surface area contributed by atoms with Gasteiger partial charge in [-0.3, -0.25) is 0 Å². The topological polar surface area (TPSA) is 40.5 Å². The van der Waals surface area contributed by atoms with Crippen LogP contribution < -0.4 is 0 Å². The smallest absolute Gasteiger partial charge is 0.246 e. The highest BCUT2D eigenvalue weighted by molar-refractivity contribution is 8.68. The Morgan fingerprint density at radius 3 is 2.14 bits per heavy atom. The Morgan fingerprint density at radius 2 is 2.14 bits per heavy atom. The van der Waals surface area contributed by atoms with E-state index in [1.807, 2.05) is 0 Å². The molecule has 0 saturated carbocycles. The molecular weight excluding hydrogens is 151 g/mol. The van der Waals surface area contributed by atoms with Gasteiger partial charge in [-0.05, 0) is 28.6 Å². The summed E-state index contributed by atoms with van der Waals surface area (Å²) in [7, 11) is 0. The van der Waals surface area contributed by atoms with Crippen molar-refractivity contribution in [2.75, 3.05) is 0 Å². The molecule has 0 aliphatic rings. The SMILES string of the molecule is C=CSP(O)(O)=S. The summed E-state index contributed by atoms with van der Waals surface area (Å²) in [5.74, 6) is 0. The minimum absolute atomic E-state index is 0.789. The number of rotatable bonds is 2. The summed E-state index contributed by atoms with van der Waals surface area (Å²) < 4.78 is 0. The standard InChI is InChI=1S/C2H5O2PS2/c1-2-7-5(3,4)6/h2H,1H2,(H2,3,4,6). The quantitative estimate of drug-likeness (QED) is 0.587. The first kappa shape index (κ1) is 7.66. The van der Waals surface area contributed by atoms with Crippen molar-refractivity contribution in [3.05, 3.63) is 12.0 Å². The van der Waals surface area contributed by atoms with Gasteiger partial charge >= 0.3 is 0 Å². The first-order valence-electron chi connectivity index (χ1n) is 1.41. The second-order valence-electron chi connectivity index (χ2n) is 0.763. The van der Waals surface area contributed by atoms with Crippen LogP contribution >= 0.6 is 17.1 Å². The number of hydrogen-bond acceptors (Lipinski definition) is 2. The molecule has 0 aromatic heterocycles. The Morgan fingerprint density at radius 1 is 1.71 bits per heavy atom. The Balaban J connectivity index is 3.57. The van der Waals surface area contributed by atoms with Crippen LogP contribution in [0.1, 0.15) is 0 Å². The molecule has 2 N–H and O–H groups in total. The zero-order chi connectivity index (χ0) is 5.91. The second kappa shape index (κ2) is 2.84. The lowest BCUT2D eigenvalue weighted by Crippen LogP contribution is -1.60. The highest BCUT2D eigenvalue weighted by Crippen LogP contribution is 2.50. The molecular formula is C2H5O2PS2. The zero-order valence-corrected chi connectivity index (χ0v) is 5.97. The summed E-state index contributed by atoms with van der Waals surface area (Å²) in [4.78, 5) is 16.8. The van der Waals surface area contributed by atoms with E-state index in [4.69, 9.17) is 9.79 Å². The fraction of sp³-hybridized carbons (Fsp3) is 0. The van der Waals surface area contributed by atoms with E-state index in [2.05, 4.69) is 18.4 Å². The van der Waals surface area contributed by atoms with E-state index in [1.54, 1.807) is 0 Å². The molecule has 0 spiro atoms. The highest BCUT2D eigenvalue weighted by Gasteiger charge is 2.01. The molecule has 0 aliphatic carbocycles. The van der Waals surface area contributed by atoms with Gasteiger partial charge in [0.05, 0.1) is 0 Å². The maximum absolute atomic E-state index is 8.39. The minimum Gasteiger partial charge on any atom is -0.337 e. The monoisotopic (exact) mass is 156 g/mol. The fourth-order valence-electron chi connectivity index (χ4n) is 0.0971.